The quantitative estimate of drug-likeness (QED) is 0.417. The molecule has 0 aliphatic heterocycles. The van der Waals surface area contributed by atoms with E-state index in [2.05, 4.69) is 42.2 Å². The molecule has 0 unspecified atom stereocenters. The molecule has 0 fully saturated rings. The summed E-state index contributed by atoms with van der Waals surface area (Å²) >= 11 is 1.71. The second-order valence-corrected chi connectivity index (χ2v) is 6.19. The molecule has 2 rings (SSSR count). The van der Waals surface area contributed by atoms with Crippen molar-refractivity contribution in [2.75, 3.05) is 20.6 Å². The lowest BCUT2D eigenvalue weighted by atomic mass is 10.2. The molecule has 2 aromatic heterocycles. The first-order chi connectivity index (χ1) is 10.6. The molecule has 1 N–H and O–H groups in total. The first-order valence-electron chi connectivity index (χ1n) is 7.35. The molecule has 2 aromatic rings. The number of aliphatic imine (C=N–C) groups is 1. The summed E-state index contributed by atoms with van der Waals surface area (Å²) in [7, 11) is 3.81. The molecule has 128 valence electrons. The van der Waals surface area contributed by atoms with Gasteiger partial charge in [-0.15, -0.1) is 24.0 Å². The molecule has 0 atom stereocenters. The first-order valence-corrected chi connectivity index (χ1v) is 8.29. The highest BCUT2D eigenvalue weighted by Gasteiger charge is 2.10. The molecule has 0 saturated carbocycles. The molecule has 0 aliphatic rings. The Bertz CT molecular complexity index is 597. The van der Waals surface area contributed by atoms with Crippen LogP contribution in [0, 0.1) is 0 Å². The fourth-order valence-electron chi connectivity index (χ4n) is 2.00. The Hall–Kier alpha value is -1.16. The van der Waals surface area contributed by atoms with Crippen molar-refractivity contribution in [3.05, 3.63) is 34.1 Å². The number of nitrogens with zero attached hydrogens (tertiary/aromatic N) is 4. The molecule has 2 heterocycles. The van der Waals surface area contributed by atoms with Crippen molar-refractivity contribution < 1.29 is 4.52 Å². The molecule has 6 nitrogen and oxygen atoms in total. The highest BCUT2D eigenvalue weighted by Crippen LogP contribution is 2.10. The van der Waals surface area contributed by atoms with E-state index >= 15 is 0 Å². The Balaban J connectivity index is 0.00000264. The summed E-state index contributed by atoms with van der Waals surface area (Å²) in [4.78, 5) is 10.8. The number of nitrogens with one attached hydrogen (secondary N) is 1. The summed E-state index contributed by atoms with van der Waals surface area (Å²) in [5, 5.41) is 11.5. The third-order valence-electron chi connectivity index (χ3n) is 3.20. The predicted octanol–water partition coefficient (Wildman–Crippen LogP) is 3.12. The highest BCUT2D eigenvalue weighted by atomic mass is 127. The van der Waals surface area contributed by atoms with Gasteiger partial charge in [-0.3, -0.25) is 4.99 Å². The first kappa shape index (κ1) is 19.9. The molecule has 0 saturated heterocycles. The lowest BCUT2D eigenvalue weighted by Gasteiger charge is -2.21. The van der Waals surface area contributed by atoms with Crippen molar-refractivity contribution in [1.29, 1.82) is 0 Å². The van der Waals surface area contributed by atoms with Crippen molar-refractivity contribution in [1.82, 2.24) is 20.4 Å². The van der Waals surface area contributed by atoms with Crippen molar-refractivity contribution in [2.24, 2.45) is 4.99 Å². The third-order valence-corrected chi connectivity index (χ3v) is 3.93. The second kappa shape index (κ2) is 9.86. The van der Waals surface area contributed by atoms with Crippen molar-refractivity contribution in [3.63, 3.8) is 0 Å². The van der Waals surface area contributed by atoms with Crippen molar-refractivity contribution in [2.45, 2.75) is 32.7 Å². The summed E-state index contributed by atoms with van der Waals surface area (Å²) in [6.45, 7) is 5.64. The molecule has 8 heteroatoms. The molecule has 0 amide bonds. The predicted molar refractivity (Wildman–Crippen MR) is 105 cm³/mol. The zero-order chi connectivity index (χ0) is 15.9. The zero-order valence-electron chi connectivity index (χ0n) is 13.9. The molecule has 0 radical (unpaired) electrons. The topological polar surface area (TPSA) is 66.5 Å². The van der Waals surface area contributed by atoms with Crippen LogP contribution in [0.4, 0.5) is 0 Å². The fraction of sp³-hybridized carbons (Fsp3) is 0.533. The van der Waals surface area contributed by atoms with Crippen LogP contribution in [0.3, 0.4) is 0 Å². The molecule has 0 aromatic carbocycles. The Kier molecular flexibility index (Phi) is 8.53. The highest BCUT2D eigenvalue weighted by molar-refractivity contribution is 14.0. The van der Waals surface area contributed by atoms with Gasteiger partial charge in [0.2, 0.25) is 5.89 Å². The maximum Gasteiger partial charge on any atom is 0.228 e. The fourth-order valence-corrected chi connectivity index (χ4v) is 2.66. The van der Waals surface area contributed by atoms with E-state index in [4.69, 9.17) is 4.52 Å². The smallest absolute Gasteiger partial charge is 0.228 e. The van der Waals surface area contributed by atoms with Gasteiger partial charge in [0, 0.05) is 39.5 Å². The van der Waals surface area contributed by atoms with Gasteiger partial charge in [-0.1, -0.05) is 19.0 Å². The number of halogens is 1. The third kappa shape index (κ3) is 6.09. The van der Waals surface area contributed by atoms with Crippen LogP contribution < -0.4 is 5.32 Å². The van der Waals surface area contributed by atoms with Gasteiger partial charge in [0.05, 0.1) is 0 Å². The van der Waals surface area contributed by atoms with Crippen LogP contribution in [-0.2, 0) is 13.0 Å². The van der Waals surface area contributed by atoms with E-state index in [9.17, 15) is 0 Å². The number of rotatable bonds is 6. The normalized spacial score (nSPS) is 11.4. The van der Waals surface area contributed by atoms with Gasteiger partial charge in [-0.05, 0) is 22.4 Å². The summed E-state index contributed by atoms with van der Waals surface area (Å²) in [5.41, 5.74) is 1.29. The van der Waals surface area contributed by atoms with E-state index in [-0.39, 0.29) is 29.9 Å². The van der Waals surface area contributed by atoms with Gasteiger partial charge in [-0.25, -0.2) is 0 Å². The second-order valence-electron chi connectivity index (χ2n) is 5.41. The van der Waals surface area contributed by atoms with Crippen molar-refractivity contribution >= 4 is 41.3 Å². The minimum absolute atomic E-state index is 0. The Morgan fingerprint density at radius 3 is 2.83 bits per heavy atom. The van der Waals surface area contributed by atoms with E-state index in [1.54, 1.807) is 18.4 Å². The number of hydrogen-bond donors (Lipinski definition) is 1. The van der Waals surface area contributed by atoms with Crippen LogP contribution in [0.25, 0.3) is 0 Å². The number of guanidine groups is 1. The summed E-state index contributed by atoms with van der Waals surface area (Å²) < 4.78 is 5.23. The van der Waals surface area contributed by atoms with Crippen LogP contribution in [0.15, 0.2) is 26.3 Å². The van der Waals surface area contributed by atoms with E-state index in [1.807, 2.05) is 20.9 Å². The average Bonchev–Trinajstić information content (AvgIpc) is 3.14. The lowest BCUT2D eigenvalue weighted by molar-refractivity contribution is 0.370. The summed E-state index contributed by atoms with van der Waals surface area (Å²) in [5.74, 6) is 2.56. The minimum atomic E-state index is 0. The van der Waals surface area contributed by atoms with E-state index in [0.717, 1.165) is 18.3 Å². The van der Waals surface area contributed by atoms with E-state index in [1.165, 1.54) is 5.56 Å². The maximum atomic E-state index is 5.23. The van der Waals surface area contributed by atoms with Gasteiger partial charge in [0.15, 0.2) is 11.8 Å². The van der Waals surface area contributed by atoms with Crippen LogP contribution in [0.1, 0.15) is 37.0 Å². The maximum absolute atomic E-state index is 5.23. The molecule has 0 bridgehead atoms. The minimum Gasteiger partial charge on any atom is -0.356 e. The SMILES string of the molecule is CN=C(NCCc1nc(C(C)C)no1)N(C)Cc1ccsc1.I. The Labute approximate surface area is 158 Å². The van der Waals surface area contributed by atoms with E-state index < -0.39 is 0 Å². The van der Waals surface area contributed by atoms with Crippen LogP contribution >= 0.6 is 35.3 Å². The van der Waals surface area contributed by atoms with Crippen LogP contribution in [0.5, 0.6) is 0 Å². The Morgan fingerprint density at radius 2 is 2.26 bits per heavy atom. The zero-order valence-corrected chi connectivity index (χ0v) is 17.1. The molecular formula is C15H24IN5OS. The summed E-state index contributed by atoms with van der Waals surface area (Å²) in [6, 6.07) is 2.13. The average molecular weight is 449 g/mol. The van der Waals surface area contributed by atoms with Crippen LogP contribution in [0.2, 0.25) is 0 Å². The molecule has 0 spiro atoms. The number of hydrogen-bond acceptors (Lipinski definition) is 5. The van der Waals surface area contributed by atoms with Gasteiger partial charge in [0.1, 0.15) is 0 Å². The van der Waals surface area contributed by atoms with Gasteiger partial charge in [0.25, 0.3) is 0 Å². The number of aromatic nitrogens is 2. The Morgan fingerprint density at radius 1 is 1.48 bits per heavy atom. The monoisotopic (exact) mass is 449 g/mol. The standard InChI is InChI=1S/C15H23N5OS.HI/c1-11(2)14-18-13(21-19-14)5-7-17-15(16-3)20(4)9-12-6-8-22-10-12;/h6,8,10-11H,5,7,9H2,1-4H3,(H,16,17);1H. The van der Waals surface area contributed by atoms with Gasteiger partial charge < -0.3 is 14.7 Å². The van der Waals surface area contributed by atoms with Gasteiger partial charge >= 0.3 is 0 Å². The lowest BCUT2D eigenvalue weighted by Crippen LogP contribution is -2.39. The van der Waals surface area contributed by atoms with Crippen LogP contribution in [-0.4, -0.2) is 41.6 Å². The van der Waals surface area contributed by atoms with Crippen molar-refractivity contribution in [3.8, 4) is 0 Å². The van der Waals surface area contributed by atoms with E-state index in [0.29, 0.717) is 18.9 Å². The number of thiophene rings is 1. The molecular weight excluding hydrogens is 425 g/mol. The molecule has 23 heavy (non-hydrogen) atoms. The van der Waals surface area contributed by atoms with Gasteiger partial charge in [-0.2, -0.15) is 16.3 Å². The largest absolute Gasteiger partial charge is 0.356 e. The summed E-state index contributed by atoms with van der Waals surface area (Å²) in [6.07, 6.45) is 0.686. The molecule has 0 aliphatic carbocycles.